The van der Waals surface area contributed by atoms with Gasteiger partial charge in [0.15, 0.2) is 17.3 Å². The second-order valence-electron chi connectivity index (χ2n) is 18.5. The molecule has 4 amide bonds. The molecule has 3 aliphatic heterocycles. The molecule has 68 heavy (non-hydrogen) atoms. The minimum atomic E-state index is -0.945. The van der Waals surface area contributed by atoms with Crippen molar-refractivity contribution in [1.29, 1.82) is 5.41 Å². The number of aliphatic hydroxyl groups excluding tert-OH is 1. The molecule has 0 aliphatic carbocycles. The summed E-state index contributed by atoms with van der Waals surface area (Å²) >= 11 is 0. The van der Waals surface area contributed by atoms with Crippen LogP contribution in [-0.4, -0.2) is 155 Å². The fourth-order valence-electron chi connectivity index (χ4n) is 9.14. The van der Waals surface area contributed by atoms with Crippen molar-refractivity contribution >= 4 is 52.8 Å². The first-order valence-electron chi connectivity index (χ1n) is 24.6. The van der Waals surface area contributed by atoms with E-state index in [1.54, 1.807) is 6.92 Å². The number of carbonyl (C=O) groups is 8. The number of Topliss-reactive ketones (excluding diaryl/α,β-unsaturated/α-hetero) is 3. The highest BCUT2D eigenvalue weighted by Crippen LogP contribution is 2.29. The predicted molar refractivity (Wildman–Crippen MR) is 256 cm³/mol. The van der Waals surface area contributed by atoms with Crippen LogP contribution in [0.5, 0.6) is 0 Å². The van der Waals surface area contributed by atoms with Gasteiger partial charge in [-0.2, -0.15) is 5.48 Å². The zero-order valence-electron chi connectivity index (χ0n) is 41.0. The molecule has 0 saturated carbocycles. The van der Waals surface area contributed by atoms with Crippen LogP contribution < -0.4 is 32.5 Å². The maximum atomic E-state index is 14.0. The van der Waals surface area contributed by atoms with Crippen LogP contribution in [0.15, 0.2) is 24.6 Å². The maximum Gasteiger partial charge on any atom is 0.324 e. The van der Waals surface area contributed by atoms with Crippen molar-refractivity contribution in [2.45, 2.75) is 173 Å². The number of allylic oxidation sites excluding steroid dienone is 1. The van der Waals surface area contributed by atoms with Crippen molar-refractivity contribution in [2.24, 2.45) is 11.7 Å². The Morgan fingerprint density at radius 3 is 2.19 bits per heavy atom. The summed E-state index contributed by atoms with van der Waals surface area (Å²) in [5.41, 5.74) is 8.74. The first-order valence-corrected chi connectivity index (χ1v) is 24.6. The van der Waals surface area contributed by atoms with Gasteiger partial charge in [-0.05, 0) is 77.2 Å². The van der Waals surface area contributed by atoms with Crippen LogP contribution in [0.4, 0.5) is 0 Å². The number of unbranched alkanes of at least 4 members (excludes halogenated alkanes) is 2. The summed E-state index contributed by atoms with van der Waals surface area (Å²) in [6.45, 7) is 15.0. The lowest BCUT2D eigenvalue weighted by Gasteiger charge is -2.30. The Balaban J connectivity index is 1.66. The topological polar surface area (TPSA) is 286 Å². The van der Waals surface area contributed by atoms with E-state index in [0.717, 1.165) is 25.7 Å². The zero-order chi connectivity index (χ0) is 50.3. The van der Waals surface area contributed by atoms with E-state index in [-0.39, 0.29) is 99.2 Å². The quantitative estimate of drug-likeness (QED) is 0.0201. The number of aliphatic hydroxyl groups is 1. The van der Waals surface area contributed by atoms with Crippen molar-refractivity contribution in [3.8, 4) is 0 Å². The SMILES string of the molecule is C=C(NCC(=O)CC(CCC(=O)ONC)CC(=O)N1CC(O)CC1C(=O)CC(=C)N1CCCC1C(=O)CCCC)C(CCCCC(=N)N)NC(=O)C1CCCN1C(=O)CNC(=O)C(C)NCCC. The molecule has 382 valence electrons. The van der Waals surface area contributed by atoms with Crippen LogP contribution in [-0.2, 0) is 43.2 Å². The average Bonchev–Trinajstić information content (AvgIpc) is 4.09. The maximum absolute atomic E-state index is 14.0. The van der Waals surface area contributed by atoms with Crippen LogP contribution in [0.1, 0.15) is 136 Å². The van der Waals surface area contributed by atoms with Gasteiger partial charge < -0.3 is 51.6 Å². The summed E-state index contributed by atoms with van der Waals surface area (Å²) in [6, 6.07) is -3.21. The molecule has 0 aromatic carbocycles. The second-order valence-corrected chi connectivity index (χ2v) is 18.5. The summed E-state index contributed by atoms with van der Waals surface area (Å²) in [6.07, 6.45) is 6.02. The zero-order valence-corrected chi connectivity index (χ0v) is 41.0. The van der Waals surface area contributed by atoms with Crippen molar-refractivity contribution in [3.05, 3.63) is 24.6 Å². The number of carbonyl (C=O) groups excluding carboxylic acids is 8. The van der Waals surface area contributed by atoms with Gasteiger partial charge in [-0.15, -0.1) is 0 Å². The number of nitrogens with zero attached hydrogens (tertiary/aromatic N) is 3. The monoisotopic (exact) mass is 957 g/mol. The van der Waals surface area contributed by atoms with E-state index in [4.69, 9.17) is 16.0 Å². The minimum absolute atomic E-state index is 0.0273. The lowest BCUT2D eigenvalue weighted by molar-refractivity contribution is -0.150. The molecule has 0 aromatic heterocycles. The highest BCUT2D eigenvalue weighted by Gasteiger charge is 2.41. The first kappa shape index (κ1) is 57.1. The number of amidine groups is 1. The summed E-state index contributed by atoms with van der Waals surface area (Å²) in [4.78, 5) is 116. The summed E-state index contributed by atoms with van der Waals surface area (Å²) in [7, 11) is 1.43. The number of nitrogens with one attached hydrogen (secondary N) is 6. The van der Waals surface area contributed by atoms with Gasteiger partial charge in [0.1, 0.15) is 6.04 Å². The normalized spacial score (nSPS) is 20.3. The number of nitrogens with two attached hydrogens (primary N) is 1. The number of rotatable bonds is 33. The van der Waals surface area contributed by atoms with E-state index in [1.165, 1.54) is 16.8 Å². The number of hydrogen-bond donors (Lipinski definition) is 8. The molecule has 7 atom stereocenters. The Hall–Kier alpha value is -5.21. The van der Waals surface area contributed by atoms with E-state index in [9.17, 15) is 43.5 Å². The fourth-order valence-corrected chi connectivity index (χ4v) is 9.14. The molecule has 0 radical (unpaired) electrons. The van der Waals surface area contributed by atoms with Crippen molar-refractivity contribution < 1.29 is 48.3 Å². The van der Waals surface area contributed by atoms with Crippen LogP contribution in [0.2, 0.25) is 0 Å². The highest BCUT2D eigenvalue weighted by molar-refractivity contribution is 5.93. The van der Waals surface area contributed by atoms with Gasteiger partial charge in [0, 0.05) is 83.0 Å². The molecule has 0 spiro atoms. The summed E-state index contributed by atoms with van der Waals surface area (Å²) in [5.74, 6) is -3.28. The number of ketones is 3. The molecule has 7 unspecified atom stereocenters. The van der Waals surface area contributed by atoms with Gasteiger partial charge >= 0.3 is 5.97 Å². The number of β-amino-alcohol motifs (C(OH)–C–C–N with tert-alkyl or cyclic N) is 1. The van der Waals surface area contributed by atoms with Gasteiger partial charge in [-0.1, -0.05) is 39.8 Å². The van der Waals surface area contributed by atoms with Gasteiger partial charge in [-0.3, -0.25) is 43.8 Å². The molecule has 9 N–H and O–H groups in total. The summed E-state index contributed by atoms with van der Waals surface area (Å²) < 4.78 is 0. The van der Waals surface area contributed by atoms with E-state index >= 15 is 0 Å². The predicted octanol–water partition coefficient (Wildman–Crippen LogP) is 1.65. The van der Waals surface area contributed by atoms with Crippen molar-refractivity contribution in [3.63, 3.8) is 0 Å². The fraction of sp³-hybridized carbons (Fsp3) is 0.729. The second kappa shape index (κ2) is 29.6. The van der Waals surface area contributed by atoms with Crippen molar-refractivity contribution in [1.82, 2.24) is 41.4 Å². The Morgan fingerprint density at radius 2 is 1.51 bits per heavy atom. The van der Waals surface area contributed by atoms with Gasteiger partial charge in [0.05, 0.1) is 49.2 Å². The summed E-state index contributed by atoms with van der Waals surface area (Å²) in [5, 5.41) is 30.1. The van der Waals surface area contributed by atoms with Crippen LogP contribution in [0, 0.1) is 11.3 Å². The molecular weight excluding hydrogens is 877 g/mol. The van der Waals surface area contributed by atoms with E-state index < -0.39 is 54.0 Å². The Labute approximate surface area is 402 Å². The molecule has 0 bridgehead atoms. The van der Waals surface area contributed by atoms with Gasteiger partial charge in [0.25, 0.3) is 0 Å². The third kappa shape index (κ3) is 18.7. The molecule has 3 heterocycles. The molecule has 20 heteroatoms. The molecule has 0 aromatic rings. The van der Waals surface area contributed by atoms with Gasteiger partial charge in [-0.25, -0.2) is 0 Å². The molecule has 20 nitrogen and oxygen atoms in total. The molecule has 3 fully saturated rings. The van der Waals surface area contributed by atoms with Crippen molar-refractivity contribution in [2.75, 3.05) is 46.3 Å². The highest BCUT2D eigenvalue weighted by atomic mass is 16.7. The first-order chi connectivity index (χ1) is 32.4. The third-order valence-electron chi connectivity index (χ3n) is 12.9. The Bertz CT molecular complexity index is 1790. The number of hydroxylamine groups is 1. The number of amides is 4. The molecule has 3 rings (SSSR count). The lowest BCUT2D eigenvalue weighted by Crippen LogP contribution is -2.53. The largest absolute Gasteiger partial charge is 0.391 e. The number of likely N-dealkylation sites (tertiary alicyclic amines) is 3. The van der Waals surface area contributed by atoms with Crippen LogP contribution in [0.25, 0.3) is 0 Å². The molecule has 3 saturated heterocycles. The van der Waals surface area contributed by atoms with Crippen LogP contribution >= 0.6 is 0 Å². The Morgan fingerprint density at radius 1 is 0.809 bits per heavy atom. The van der Waals surface area contributed by atoms with E-state index in [1.807, 2.05) is 18.7 Å². The van der Waals surface area contributed by atoms with Gasteiger partial charge in [0.2, 0.25) is 23.6 Å². The van der Waals surface area contributed by atoms with E-state index in [0.29, 0.717) is 82.4 Å². The van der Waals surface area contributed by atoms with E-state index in [2.05, 4.69) is 39.9 Å². The Kier molecular flexibility index (Phi) is 24.9. The van der Waals surface area contributed by atoms with Crippen LogP contribution in [0.3, 0.4) is 0 Å². The molecule has 3 aliphatic rings. The number of hydrogen-bond acceptors (Lipinski definition) is 15. The smallest absolute Gasteiger partial charge is 0.324 e. The lowest BCUT2D eigenvalue weighted by atomic mass is 9.92. The molecular formula is C48H80N10O10. The standard InChI is InChI=1S/C48H80N10O10/c1-7-9-17-41(61)38-15-12-22-56(38)31(3)24-42(62)40-27-36(60)30-58(40)44(63)26-34(19-20-46(65)68-51-6)25-35(59)28-53-32(4)37(14-10-11-18-43(49)50)55-48(67)39-16-13-23-57(39)45(64)29-54-47(66)33(5)52-21-8-2/h33-34,36-40,51-53,60H,3-4,7-30H2,1-2,5-6H3,(H3,49,50)(H,54,66)(H,55,67). The minimum Gasteiger partial charge on any atom is -0.391 e. The average molecular weight is 957 g/mol. The third-order valence-corrected chi connectivity index (χ3v) is 12.9.